The quantitative estimate of drug-likeness (QED) is 0.751. The second-order valence-corrected chi connectivity index (χ2v) is 8.75. The van der Waals surface area contributed by atoms with Crippen molar-refractivity contribution in [3.63, 3.8) is 0 Å². The van der Waals surface area contributed by atoms with E-state index in [1.165, 1.54) is 10.8 Å². The molecule has 1 aliphatic carbocycles. The molecule has 0 N–H and O–H groups in total. The number of fused-ring (bicyclic) bond motifs is 2. The van der Waals surface area contributed by atoms with E-state index in [1.807, 2.05) is 18.2 Å². The van der Waals surface area contributed by atoms with Gasteiger partial charge in [-0.1, -0.05) is 18.2 Å². The summed E-state index contributed by atoms with van der Waals surface area (Å²) in [6.45, 7) is 4.93. The molecule has 7 rings (SSSR count). The minimum Gasteiger partial charge on any atom is -0.376 e. The van der Waals surface area contributed by atoms with Crippen LogP contribution >= 0.6 is 0 Å². The van der Waals surface area contributed by atoms with E-state index in [0.29, 0.717) is 24.9 Å². The number of anilines is 1. The minimum atomic E-state index is -0.702. The van der Waals surface area contributed by atoms with Gasteiger partial charge in [0, 0.05) is 11.8 Å². The van der Waals surface area contributed by atoms with Crippen molar-refractivity contribution < 1.29 is 19.1 Å². The zero-order valence-corrected chi connectivity index (χ0v) is 15.8. The Morgan fingerprint density at radius 2 is 2.11 bits per heavy atom. The molecule has 7 atom stereocenters. The van der Waals surface area contributed by atoms with E-state index in [0.717, 1.165) is 17.7 Å². The van der Waals surface area contributed by atoms with Gasteiger partial charge in [-0.25, -0.2) is 0 Å². The third kappa shape index (κ3) is 1.77. The molecule has 4 fully saturated rings. The van der Waals surface area contributed by atoms with Crippen LogP contribution in [-0.2, 0) is 24.5 Å². The molecule has 1 aromatic rings. The van der Waals surface area contributed by atoms with Crippen LogP contribution in [0.25, 0.3) is 0 Å². The predicted octanol–water partition coefficient (Wildman–Crippen LogP) is 2.26. The largest absolute Gasteiger partial charge is 0.376 e. The molecule has 142 valence electrons. The molecule has 1 aromatic carbocycles. The number of amides is 1. The van der Waals surface area contributed by atoms with Gasteiger partial charge in [-0.05, 0) is 38.3 Å². The minimum absolute atomic E-state index is 0.0107. The van der Waals surface area contributed by atoms with Gasteiger partial charge < -0.3 is 9.47 Å². The number of ether oxygens (including phenoxy) is 2. The summed E-state index contributed by atoms with van der Waals surface area (Å²) in [5, 5.41) is 1.45. The number of epoxide rings is 1. The lowest BCUT2D eigenvalue weighted by molar-refractivity contribution is -0.137. The summed E-state index contributed by atoms with van der Waals surface area (Å²) in [6, 6.07) is 8.05. The summed E-state index contributed by atoms with van der Waals surface area (Å²) in [5.74, 6) is 0.684. The summed E-state index contributed by atoms with van der Waals surface area (Å²) < 4.78 is 12.2. The number of benzene rings is 1. The predicted molar refractivity (Wildman–Crippen MR) is 98.7 cm³/mol. The molecule has 0 unspecified atom stereocenters. The standard InChI is InChI=1S/C21H24N2O4/c1-11-20(2,27-11)18-12-8-17-21(9-15(22-18)13(12)10-26-17)14-6-4-5-7-16(14)23(25-3)19(21)24/h4-7,11-13,15,17H,8-10H2,1-3H3/t11-,12-,13+,15+,17-,20+,21+/m1/s1. The Bertz CT molecular complexity index is 885. The van der Waals surface area contributed by atoms with Gasteiger partial charge >= 0.3 is 0 Å². The molecule has 27 heavy (non-hydrogen) atoms. The SMILES string of the molecule is CON1C(=O)[C@@]2(C[C@@H]3N=C([C@@]4(C)O[C@@H]4C)[C@@H]4C[C@H]2OC[C@H]34)c2ccccc21. The number of nitrogens with zero attached hydrogens (tertiary/aromatic N) is 2. The lowest BCUT2D eigenvalue weighted by Crippen LogP contribution is -2.51. The average Bonchev–Trinajstić information content (AvgIpc) is 3.11. The Hall–Kier alpha value is -1.76. The van der Waals surface area contributed by atoms with E-state index in [-0.39, 0.29) is 29.8 Å². The van der Waals surface area contributed by atoms with Crippen LogP contribution in [0.4, 0.5) is 5.69 Å². The summed E-state index contributed by atoms with van der Waals surface area (Å²) in [6.07, 6.45) is 1.58. The molecule has 3 saturated heterocycles. The molecule has 5 aliphatic heterocycles. The van der Waals surface area contributed by atoms with Crippen molar-refractivity contribution in [2.24, 2.45) is 16.8 Å². The van der Waals surface area contributed by atoms with Crippen LogP contribution in [0.2, 0.25) is 0 Å². The topological polar surface area (TPSA) is 63.7 Å². The summed E-state index contributed by atoms with van der Waals surface area (Å²) >= 11 is 0. The van der Waals surface area contributed by atoms with Gasteiger partial charge in [0.05, 0.1) is 43.4 Å². The fourth-order valence-electron chi connectivity index (χ4n) is 6.10. The third-order valence-electron chi connectivity index (χ3n) is 7.71. The van der Waals surface area contributed by atoms with Crippen LogP contribution < -0.4 is 5.06 Å². The highest BCUT2D eigenvalue weighted by Crippen LogP contribution is 2.58. The molecule has 6 heteroatoms. The lowest BCUT2D eigenvalue weighted by Gasteiger charge is -2.39. The molecule has 4 bridgehead atoms. The van der Waals surface area contributed by atoms with Crippen LogP contribution in [0.3, 0.4) is 0 Å². The molecule has 1 saturated carbocycles. The maximum atomic E-state index is 13.6. The maximum absolute atomic E-state index is 13.6. The van der Waals surface area contributed by atoms with Crippen molar-refractivity contribution >= 4 is 17.3 Å². The molecule has 0 radical (unpaired) electrons. The smallest absolute Gasteiger partial charge is 0.264 e. The molecule has 1 amide bonds. The normalized spacial score (nSPS) is 46.6. The van der Waals surface area contributed by atoms with Gasteiger partial charge in [0.2, 0.25) is 0 Å². The first-order valence-corrected chi connectivity index (χ1v) is 9.86. The van der Waals surface area contributed by atoms with Crippen LogP contribution in [0.15, 0.2) is 29.3 Å². The number of aliphatic imine (C=N–C) groups is 1. The molecule has 0 aromatic heterocycles. The van der Waals surface area contributed by atoms with E-state index in [9.17, 15) is 4.79 Å². The third-order valence-corrected chi connectivity index (χ3v) is 7.71. The second-order valence-electron chi connectivity index (χ2n) is 8.75. The van der Waals surface area contributed by atoms with Crippen LogP contribution in [-0.4, -0.2) is 49.2 Å². The molecule has 1 spiro atoms. The molecular formula is C21H24N2O4. The number of rotatable bonds is 2. The number of hydroxylamine groups is 1. The fraction of sp³-hybridized carbons (Fsp3) is 0.619. The van der Waals surface area contributed by atoms with Gasteiger partial charge in [-0.2, -0.15) is 5.06 Å². The first-order valence-electron chi connectivity index (χ1n) is 9.86. The first-order chi connectivity index (χ1) is 13.0. The Balaban J connectivity index is 1.49. The van der Waals surface area contributed by atoms with Gasteiger partial charge in [0.15, 0.2) is 0 Å². The number of hydrogen-bond donors (Lipinski definition) is 0. The van der Waals surface area contributed by atoms with Crippen molar-refractivity contribution in [1.82, 2.24) is 0 Å². The van der Waals surface area contributed by atoms with Gasteiger partial charge in [0.25, 0.3) is 5.91 Å². The molecule has 5 heterocycles. The highest BCUT2D eigenvalue weighted by Gasteiger charge is 2.67. The number of carbonyl (C=O) groups is 1. The average molecular weight is 368 g/mol. The Morgan fingerprint density at radius 1 is 1.33 bits per heavy atom. The van der Waals surface area contributed by atoms with Gasteiger partial charge in [0.1, 0.15) is 11.0 Å². The van der Waals surface area contributed by atoms with E-state index in [1.54, 1.807) is 7.11 Å². The second kappa shape index (κ2) is 4.99. The van der Waals surface area contributed by atoms with Crippen molar-refractivity contribution in [2.75, 3.05) is 18.8 Å². The van der Waals surface area contributed by atoms with Gasteiger partial charge in [-0.15, -0.1) is 0 Å². The number of carbonyl (C=O) groups excluding carboxylic acids is 1. The molecule has 6 nitrogen and oxygen atoms in total. The summed E-state index contributed by atoms with van der Waals surface area (Å²) in [5.41, 5.74) is 2.14. The van der Waals surface area contributed by atoms with Crippen molar-refractivity contribution in [3.8, 4) is 0 Å². The van der Waals surface area contributed by atoms with Crippen molar-refractivity contribution in [2.45, 2.75) is 56.0 Å². The van der Waals surface area contributed by atoms with Crippen LogP contribution in [0.1, 0.15) is 32.3 Å². The van der Waals surface area contributed by atoms with Crippen molar-refractivity contribution in [1.29, 1.82) is 0 Å². The number of hydrogen-bond acceptors (Lipinski definition) is 5. The van der Waals surface area contributed by atoms with Gasteiger partial charge in [-0.3, -0.25) is 14.6 Å². The van der Waals surface area contributed by atoms with Crippen molar-refractivity contribution in [3.05, 3.63) is 29.8 Å². The highest BCUT2D eigenvalue weighted by atomic mass is 16.7. The summed E-state index contributed by atoms with van der Waals surface area (Å²) in [4.78, 5) is 24.2. The maximum Gasteiger partial charge on any atom is 0.264 e. The zero-order valence-electron chi connectivity index (χ0n) is 15.8. The Morgan fingerprint density at radius 3 is 2.85 bits per heavy atom. The van der Waals surface area contributed by atoms with Crippen LogP contribution in [0.5, 0.6) is 0 Å². The Kier molecular flexibility index (Phi) is 3.00. The van der Waals surface area contributed by atoms with E-state index >= 15 is 0 Å². The molecule has 6 aliphatic rings. The lowest BCUT2D eigenvalue weighted by atomic mass is 9.71. The van der Waals surface area contributed by atoms with E-state index < -0.39 is 5.41 Å². The Labute approximate surface area is 158 Å². The van der Waals surface area contributed by atoms with Crippen LogP contribution in [0, 0.1) is 11.8 Å². The van der Waals surface area contributed by atoms with E-state index in [2.05, 4.69) is 19.9 Å². The summed E-state index contributed by atoms with van der Waals surface area (Å²) in [7, 11) is 1.55. The zero-order chi connectivity index (χ0) is 18.6. The number of para-hydroxylation sites is 1. The fourth-order valence-corrected chi connectivity index (χ4v) is 6.10. The van der Waals surface area contributed by atoms with E-state index in [4.69, 9.17) is 19.3 Å². The monoisotopic (exact) mass is 368 g/mol. The first kappa shape index (κ1) is 16.2. The molecular weight excluding hydrogens is 344 g/mol. The highest BCUT2D eigenvalue weighted by molar-refractivity contribution is 6.08.